The van der Waals surface area contributed by atoms with Crippen molar-refractivity contribution in [1.29, 1.82) is 0 Å². The lowest BCUT2D eigenvalue weighted by Crippen LogP contribution is -2.44. The van der Waals surface area contributed by atoms with Gasteiger partial charge in [-0.05, 0) is 43.0 Å². The van der Waals surface area contributed by atoms with E-state index < -0.39 is 39.6 Å². The highest BCUT2D eigenvalue weighted by molar-refractivity contribution is 7.14. The van der Waals surface area contributed by atoms with Gasteiger partial charge in [-0.25, -0.2) is 4.39 Å². The summed E-state index contributed by atoms with van der Waals surface area (Å²) in [6.07, 6.45) is -2.46. The molecule has 1 N–H and O–H groups in total. The first-order valence-electron chi connectivity index (χ1n) is 11.3. The predicted octanol–water partition coefficient (Wildman–Crippen LogP) is 6.00. The summed E-state index contributed by atoms with van der Waals surface area (Å²) in [5.74, 6) is -1.11. The number of hydrogen-bond acceptors (Lipinski definition) is 6. The fourth-order valence-electron chi connectivity index (χ4n) is 4.57. The number of benzene rings is 1. The van der Waals surface area contributed by atoms with Crippen LogP contribution in [0, 0.1) is 5.82 Å². The standard InChI is InChI=1S/C23H21Cl2F4N3O3S/c24-15-6-13(7-16(25)20(15)26)22(23(27,28)29)8-19(31-35-22)32-10-12-5-17(36-18(12)11-32)21(33)30-9-14-3-1-2-4-34-14/h5-7,14H,1-4,8-11H2,(H,30,33). The Kier molecular flexibility index (Phi) is 6.86. The maximum Gasteiger partial charge on any atom is 0.435 e. The van der Waals surface area contributed by atoms with Crippen molar-refractivity contribution in [2.24, 2.45) is 5.16 Å². The summed E-state index contributed by atoms with van der Waals surface area (Å²) in [4.78, 5) is 20.7. The molecule has 6 nitrogen and oxygen atoms in total. The van der Waals surface area contributed by atoms with E-state index in [0.29, 0.717) is 24.6 Å². The fraction of sp³-hybridized carbons (Fsp3) is 0.478. The van der Waals surface area contributed by atoms with Gasteiger partial charge in [0.25, 0.3) is 11.5 Å². The number of fused-ring (bicyclic) bond motifs is 1. The SMILES string of the molecule is O=C(NCC1CCCCO1)c1cc2c(s1)CN(C1=NOC(c3cc(Cl)c(F)c(Cl)c3)(C(F)(F)F)C1)C2. The van der Waals surface area contributed by atoms with Crippen LogP contribution in [0.2, 0.25) is 10.0 Å². The predicted molar refractivity (Wildman–Crippen MR) is 127 cm³/mol. The van der Waals surface area contributed by atoms with E-state index in [1.54, 1.807) is 11.0 Å². The number of amides is 1. The summed E-state index contributed by atoms with van der Waals surface area (Å²) in [6.45, 7) is 1.72. The number of alkyl halides is 3. The molecular weight excluding hydrogens is 545 g/mol. The molecule has 1 saturated heterocycles. The van der Waals surface area contributed by atoms with Gasteiger partial charge in [-0.2, -0.15) is 13.2 Å². The van der Waals surface area contributed by atoms with E-state index in [9.17, 15) is 22.4 Å². The Morgan fingerprint density at radius 3 is 2.61 bits per heavy atom. The van der Waals surface area contributed by atoms with Crippen molar-refractivity contribution in [3.05, 3.63) is 54.9 Å². The average Bonchev–Trinajstić information content (AvgIpc) is 3.54. The van der Waals surface area contributed by atoms with Gasteiger partial charge in [0.1, 0.15) is 5.84 Å². The number of ether oxygens (including phenoxy) is 1. The zero-order valence-electron chi connectivity index (χ0n) is 18.8. The Balaban J connectivity index is 1.26. The van der Waals surface area contributed by atoms with Crippen LogP contribution in [0.5, 0.6) is 0 Å². The van der Waals surface area contributed by atoms with Crippen molar-refractivity contribution in [3.8, 4) is 0 Å². The van der Waals surface area contributed by atoms with Crippen molar-refractivity contribution >= 4 is 46.3 Å². The second kappa shape index (κ2) is 9.66. The van der Waals surface area contributed by atoms with E-state index >= 15 is 0 Å². The molecule has 3 aliphatic rings. The average molecular weight is 566 g/mol. The maximum atomic E-state index is 14.2. The van der Waals surface area contributed by atoms with Gasteiger partial charge >= 0.3 is 6.18 Å². The normalized spacial score (nSPS) is 23.9. The molecule has 1 aromatic carbocycles. The van der Waals surface area contributed by atoms with Crippen LogP contribution in [0.25, 0.3) is 0 Å². The molecule has 2 aromatic rings. The minimum absolute atomic E-state index is 0.0187. The molecule has 2 atom stereocenters. The molecule has 1 fully saturated rings. The number of amidine groups is 1. The van der Waals surface area contributed by atoms with Gasteiger partial charge < -0.3 is 19.8 Å². The first-order valence-corrected chi connectivity index (χ1v) is 12.9. The van der Waals surface area contributed by atoms with Crippen LogP contribution in [0.15, 0.2) is 23.4 Å². The largest absolute Gasteiger partial charge is 0.435 e. The van der Waals surface area contributed by atoms with Crippen molar-refractivity contribution in [3.63, 3.8) is 0 Å². The molecule has 4 heterocycles. The molecule has 0 aliphatic carbocycles. The zero-order chi connectivity index (χ0) is 25.7. The van der Waals surface area contributed by atoms with Gasteiger partial charge in [0.2, 0.25) is 0 Å². The van der Waals surface area contributed by atoms with Crippen LogP contribution in [-0.4, -0.2) is 42.1 Å². The van der Waals surface area contributed by atoms with E-state index in [2.05, 4.69) is 10.5 Å². The smallest absolute Gasteiger partial charge is 0.376 e. The first-order chi connectivity index (χ1) is 17.1. The van der Waals surface area contributed by atoms with Gasteiger partial charge in [-0.1, -0.05) is 28.4 Å². The Morgan fingerprint density at radius 2 is 1.97 bits per heavy atom. The van der Waals surface area contributed by atoms with E-state index in [4.69, 9.17) is 32.8 Å². The number of hydrogen-bond donors (Lipinski definition) is 1. The molecule has 13 heteroatoms. The number of oxime groups is 1. The van der Waals surface area contributed by atoms with Crippen LogP contribution in [-0.2, 0) is 28.3 Å². The Morgan fingerprint density at radius 1 is 1.22 bits per heavy atom. The highest BCUT2D eigenvalue weighted by atomic mass is 35.5. The lowest BCUT2D eigenvalue weighted by Gasteiger charge is -2.30. The summed E-state index contributed by atoms with van der Waals surface area (Å²) >= 11 is 12.8. The molecule has 0 radical (unpaired) electrons. The molecule has 0 saturated carbocycles. The third-order valence-corrected chi connectivity index (χ3v) is 8.28. The highest BCUT2D eigenvalue weighted by Crippen LogP contribution is 2.50. The van der Waals surface area contributed by atoms with Gasteiger partial charge in [-0.3, -0.25) is 4.79 Å². The first kappa shape index (κ1) is 25.6. The minimum atomic E-state index is -4.87. The number of carbonyl (C=O) groups excluding carboxylic acids is 1. The molecule has 1 aromatic heterocycles. The topological polar surface area (TPSA) is 63.2 Å². The molecule has 5 rings (SSSR count). The van der Waals surface area contributed by atoms with Crippen molar-refractivity contribution in [2.75, 3.05) is 13.2 Å². The summed E-state index contributed by atoms with van der Waals surface area (Å²) in [7, 11) is 0. The molecule has 36 heavy (non-hydrogen) atoms. The Bertz CT molecular complexity index is 1170. The van der Waals surface area contributed by atoms with Crippen LogP contribution in [0.4, 0.5) is 17.6 Å². The summed E-state index contributed by atoms with van der Waals surface area (Å²) in [6, 6.07) is 3.47. The quantitative estimate of drug-likeness (QED) is 0.365. The monoisotopic (exact) mass is 565 g/mol. The van der Waals surface area contributed by atoms with E-state index in [1.165, 1.54) is 11.3 Å². The summed E-state index contributed by atoms with van der Waals surface area (Å²) < 4.78 is 62.2. The summed E-state index contributed by atoms with van der Waals surface area (Å²) in [5.41, 5.74) is -2.43. The third-order valence-electron chi connectivity index (χ3n) is 6.57. The highest BCUT2D eigenvalue weighted by Gasteiger charge is 2.63. The van der Waals surface area contributed by atoms with E-state index in [-0.39, 0.29) is 24.4 Å². The van der Waals surface area contributed by atoms with Gasteiger partial charge in [-0.15, -0.1) is 11.3 Å². The van der Waals surface area contributed by atoms with Crippen LogP contribution in [0.1, 0.15) is 51.4 Å². The van der Waals surface area contributed by atoms with Crippen LogP contribution in [0.3, 0.4) is 0 Å². The van der Waals surface area contributed by atoms with Gasteiger partial charge in [0.05, 0.1) is 34.0 Å². The van der Waals surface area contributed by atoms with Crippen molar-refractivity contribution in [1.82, 2.24) is 10.2 Å². The maximum absolute atomic E-state index is 14.2. The molecule has 0 bridgehead atoms. The minimum Gasteiger partial charge on any atom is -0.376 e. The number of halogens is 6. The van der Waals surface area contributed by atoms with Gasteiger partial charge in [0, 0.05) is 30.1 Å². The fourth-order valence-corrected chi connectivity index (χ4v) is 6.17. The Hall–Kier alpha value is -2.08. The number of nitrogens with zero attached hydrogens (tertiary/aromatic N) is 2. The van der Waals surface area contributed by atoms with Crippen molar-refractivity contribution in [2.45, 2.75) is 56.7 Å². The molecule has 3 aliphatic heterocycles. The third kappa shape index (κ3) is 4.66. The molecule has 194 valence electrons. The molecule has 2 unspecified atom stereocenters. The van der Waals surface area contributed by atoms with E-state index in [1.807, 2.05) is 0 Å². The molecule has 0 spiro atoms. The van der Waals surface area contributed by atoms with Crippen LogP contribution < -0.4 is 5.32 Å². The van der Waals surface area contributed by atoms with Crippen molar-refractivity contribution < 1.29 is 31.9 Å². The Labute approximate surface area is 218 Å². The van der Waals surface area contributed by atoms with E-state index in [0.717, 1.165) is 41.8 Å². The second-order valence-corrected chi connectivity index (χ2v) is 10.9. The second-order valence-electron chi connectivity index (χ2n) is 8.97. The number of rotatable bonds is 4. The van der Waals surface area contributed by atoms with Gasteiger partial charge in [0.15, 0.2) is 5.82 Å². The zero-order valence-corrected chi connectivity index (χ0v) is 21.1. The summed E-state index contributed by atoms with van der Waals surface area (Å²) in [5, 5.41) is 5.57. The number of carbonyl (C=O) groups is 1. The lowest BCUT2D eigenvalue weighted by molar-refractivity contribution is -0.275. The van der Waals surface area contributed by atoms with Crippen LogP contribution >= 0.6 is 34.5 Å². The number of thiophene rings is 1. The lowest BCUT2D eigenvalue weighted by atomic mass is 9.89. The molecular formula is C23H21Cl2F4N3O3S. The molecule has 1 amide bonds. The number of nitrogens with one attached hydrogen (secondary N) is 1.